The second-order valence-electron chi connectivity index (χ2n) is 8.16. The van der Waals surface area contributed by atoms with E-state index in [4.69, 9.17) is 4.74 Å². The first-order chi connectivity index (χ1) is 16.0. The Hall–Kier alpha value is -3.93. The van der Waals surface area contributed by atoms with E-state index >= 15 is 0 Å². The van der Waals surface area contributed by atoms with E-state index in [-0.39, 0.29) is 24.4 Å². The fourth-order valence-electron chi connectivity index (χ4n) is 3.68. The predicted molar refractivity (Wildman–Crippen MR) is 129 cm³/mol. The van der Waals surface area contributed by atoms with E-state index in [2.05, 4.69) is 29.4 Å². The zero-order valence-corrected chi connectivity index (χ0v) is 18.9. The second kappa shape index (κ2) is 10.1. The van der Waals surface area contributed by atoms with Gasteiger partial charge in [-0.2, -0.15) is 0 Å². The number of fused-ring (bicyclic) bond motifs is 1. The first kappa shape index (κ1) is 22.3. The number of carbonyl (C=O) groups excluding carboxylic acids is 1. The van der Waals surface area contributed by atoms with Gasteiger partial charge < -0.3 is 10.1 Å². The first-order valence-corrected chi connectivity index (χ1v) is 11.0. The Morgan fingerprint density at radius 3 is 2.58 bits per heavy atom. The second-order valence-corrected chi connectivity index (χ2v) is 8.16. The van der Waals surface area contributed by atoms with Gasteiger partial charge in [-0.25, -0.2) is 4.98 Å². The summed E-state index contributed by atoms with van der Waals surface area (Å²) in [5, 5.41) is 3.47. The lowest BCUT2D eigenvalue weighted by Crippen LogP contribution is -2.27. The number of hydrogen-bond donors (Lipinski definition) is 1. The molecule has 0 unspecified atom stereocenters. The van der Waals surface area contributed by atoms with Crippen molar-refractivity contribution < 1.29 is 9.53 Å². The molecule has 4 aromatic rings. The molecule has 168 valence electrons. The van der Waals surface area contributed by atoms with Crippen LogP contribution in [0.1, 0.15) is 28.7 Å². The fourth-order valence-corrected chi connectivity index (χ4v) is 3.68. The molecular formula is C27H27N3O3. The molecule has 33 heavy (non-hydrogen) atoms. The van der Waals surface area contributed by atoms with Gasteiger partial charge in [0.05, 0.1) is 17.2 Å². The summed E-state index contributed by atoms with van der Waals surface area (Å²) >= 11 is 0. The molecule has 6 nitrogen and oxygen atoms in total. The number of amides is 1. The quantitative estimate of drug-likeness (QED) is 0.443. The number of aromatic nitrogens is 2. The number of nitrogens with zero attached hydrogens (tertiary/aromatic N) is 2. The zero-order valence-electron chi connectivity index (χ0n) is 18.9. The van der Waals surface area contributed by atoms with E-state index < -0.39 is 0 Å². The molecule has 0 radical (unpaired) electrons. The van der Waals surface area contributed by atoms with Crippen molar-refractivity contribution in [3.63, 3.8) is 0 Å². The molecule has 0 saturated heterocycles. The van der Waals surface area contributed by atoms with Gasteiger partial charge in [-0.1, -0.05) is 54.1 Å². The van der Waals surface area contributed by atoms with Crippen LogP contribution in [0, 0.1) is 13.8 Å². The average Bonchev–Trinajstić information content (AvgIpc) is 2.82. The lowest BCUT2D eigenvalue weighted by Gasteiger charge is -2.10. The van der Waals surface area contributed by atoms with Gasteiger partial charge in [0.2, 0.25) is 5.91 Å². The van der Waals surface area contributed by atoms with Gasteiger partial charge >= 0.3 is 0 Å². The number of benzene rings is 3. The summed E-state index contributed by atoms with van der Waals surface area (Å²) in [6.45, 7) is 5.20. The highest BCUT2D eigenvalue weighted by Crippen LogP contribution is 2.15. The smallest absolute Gasteiger partial charge is 0.261 e. The van der Waals surface area contributed by atoms with Crippen LogP contribution in [0.15, 0.2) is 77.9 Å². The van der Waals surface area contributed by atoms with Crippen molar-refractivity contribution in [2.75, 3.05) is 0 Å². The summed E-state index contributed by atoms with van der Waals surface area (Å²) in [4.78, 5) is 29.3. The normalized spacial score (nSPS) is 10.8. The third-order valence-electron chi connectivity index (χ3n) is 5.54. The lowest BCUT2D eigenvalue weighted by molar-refractivity contribution is -0.121. The van der Waals surface area contributed by atoms with Crippen molar-refractivity contribution in [3.8, 4) is 5.75 Å². The van der Waals surface area contributed by atoms with Gasteiger partial charge in [0.15, 0.2) is 0 Å². The molecule has 0 aliphatic heterocycles. The highest BCUT2D eigenvalue weighted by molar-refractivity contribution is 5.80. The van der Waals surface area contributed by atoms with Crippen LogP contribution >= 0.6 is 0 Å². The maximum Gasteiger partial charge on any atom is 0.261 e. The Labute approximate surface area is 192 Å². The van der Waals surface area contributed by atoms with E-state index in [1.165, 1.54) is 16.5 Å². The van der Waals surface area contributed by atoms with E-state index in [0.29, 0.717) is 24.1 Å². The van der Waals surface area contributed by atoms with E-state index in [1.54, 1.807) is 6.07 Å². The molecule has 1 heterocycles. The Morgan fingerprint density at radius 2 is 1.79 bits per heavy atom. The highest BCUT2D eigenvalue weighted by atomic mass is 16.5. The standard InChI is InChI=1S/C27H27N3O3/c1-19-5-3-7-22(15-19)17-33-23-11-9-21(10-12-23)16-28-25(31)13-14-30-18-29-26-20(2)6-4-8-24(26)27(30)32/h3-12,15,18H,13-14,16-17H2,1-2H3,(H,28,31). The van der Waals surface area contributed by atoms with E-state index in [1.807, 2.05) is 55.5 Å². The van der Waals surface area contributed by atoms with E-state index in [0.717, 1.165) is 22.4 Å². The van der Waals surface area contributed by atoms with E-state index in [9.17, 15) is 9.59 Å². The van der Waals surface area contributed by atoms with Crippen LogP contribution in [-0.2, 0) is 24.5 Å². The number of ether oxygens (including phenoxy) is 1. The predicted octanol–water partition coefficient (Wildman–Crippen LogP) is 4.30. The SMILES string of the molecule is Cc1cccc(COc2ccc(CNC(=O)CCn3cnc4c(C)cccc4c3=O)cc2)c1. The number of aryl methyl sites for hydroxylation is 3. The van der Waals surface area contributed by atoms with Gasteiger partial charge in [0.1, 0.15) is 12.4 Å². The van der Waals surface area contributed by atoms with Crippen molar-refractivity contribution in [1.82, 2.24) is 14.9 Å². The van der Waals surface area contributed by atoms with Crippen LogP contribution in [0.5, 0.6) is 5.75 Å². The summed E-state index contributed by atoms with van der Waals surface area (Å²) in [7, 11) is 0. The maximum atomic E-state index is 12.6. The minimum Gasteiger partial charge on any atom is -0.489 e. The Balaban J connectivity index is 1.26. The third kappa shape index (κ3) is 5.66. The molecule has 0 fully saturated rings. The number of para-hydroxylation sites is 1. The summed E-state index contributed by atoms with van der Waals surface area (Å²) in [5.41, 5.74) is 4.85. The van der Waals surface area contributed by atoms with Gasteiger partial charge in [0, 0.05) is 19.5 Å². The number of rotatable bonds is 8. The van der Waals surface area contributed by atoms with Crippen molar-refractivity contribution in [1.29, 1.82) is 0 Å². The molecule has 3 aromatic carbocycles. The molecule has 0 spiro atoms. The molecule has 0 bridgehead atoms. The lowest BCUT2D eigenvalue weighted by atomic mass is 10.1. The number of carbonyl (C=O) groups is 1. The Bertz CT molecular complexity index is 1330. The average molecular weight is 442 g/mol. The molecule has 1 amide bonds. The van der Waals surface area contributed by atoms with Crippen LogP contribution in [0.25, 0.3) is 10.9 Å². The number of nitrogens with one attached hydrogen (secondary N) is 1. The third-order valence-corrected chi connectivity index (χ3v) is 5.54. The van der Waals surface area contributed by atoms with Gasteiger partial charge in [-0.3, -0.25) is 14.2 Å². The summed E-state index contributed by atoms with van der Waals surface area (Å²) in [6.07, 6.45) is 1.72. The van der Waals surface area contributed by atoms with Gasteiger partial charge in [0.25, 0.3) is 5.56 Å². The molecule has 0 aliphatic rings. The summed E-state index contributed by atoms with van der Waals surface area (Å²) < 4.78 is 7.33. The molecule has 0 aliphatic carbocycles. The van der Waals surface area contributed by atoms with Crippen LogP contribution in [-0.4, -0.2) is 15.5 Å². The Morgan fingerprint density at radius 1 is 1.00 bits per heavy atom. The highest BCUT2D eigenvalue weighted by Gasteiger charge is 2.08. The van der Waals surface area contributed by atoms with Crippen LogP contribution in [0.3, 0.4) is 0 Å². The van der Waals surface area contributed by atoms with Crippen LogP contribution in [0.2, 0.25) is 0 Å². The number of hydrogen-bond acceptors (Lipinski definition) is 4. The van der Waals surface area contributed by atoms with Crippen molar-refractivity contribution in [2.45, 2.75) is 40.0 Å². The van der Waals surface area contributed by atoms with Crippen molar-refractivity contribution >= 4 is 16.8 Å². The summed E-state index contributed by atoms with van der Waals surface area (Å²) in [6, 6.07) is 21.4. The summed E-state index contributed by atoms with van der Waals surface area (Å²) in [5.74, 6) is 0.663. The van der Waals surface area contributed by atoms with Crippen LogP contribution in [0.4, 0.5) is 0 Å². The molecule has 1 N–H and O–H groups in total. The largest absolute Gasteiger partial charge is 0.489 e. The maximum absolute atomic E-state index is 12.6. The van der Waals surface area contributed by atoms with Crippen molar-refractivity contribution in [2.24, 2.45) is 0 Å². The molecule has 4 rings (SSSR count). The van der Waals surface area contributed by atoms with Gasteiger partial charge in [-0.05, 0) is 48.7 Å². The minimum absolute atomic E-state index is 0.119. The van der Waals surface area contributed by atoms with Gasteiger partial charge in [-0.15, -0.1) is 0 Å². The molecule has 6 heteroatoms. The zero-order chi connectivity index (χ0) is 23.2. The van der Waals surface area contributed by atoms with Crippen LogP contribution < -0.4 is 15.6 Å². The fraction of sp³-hybridized carbons (Fsp3) is 0.222. The molecular weight excluding hydrogens is 414 g/mol. The Kier molecular flexibility index (Phi) is 6.83. The monoisotopic (exact) mass is 441 g/mol. The molecule has 1 aromatic heterocycles. The minimum atomic E-state index is -0.127. The first-order valence-electron chi connectivity index (χ1n) is 11.0. The topological polar surface area (TPSA) is 73.2 Å². The van der Waals surface area contributed by atoms with Crippen molar-refractivity contribution in [3.05, 3.63) is 106 Å². The molecule has 0 saturated carbocycles. The molecule has 0 atom stereocenters.